The van der Waals surface area contributed by atoms with Crippen molar-refractivity contribution in [3.63, 3.8) is 0 Å². The minimum Gasteiger partial charge on any atom is -0.456 e. The third kappa shape index (κ3) is 3.19. The lowest BCUT2D eigenvalue weighted by Crippen LogP contribution is -1.89. The van der Waals surface area contributed by atoms with Crippen LogP contribution in [0.15, 0.2) is 89.3 Å². The number of furan rings is 1. The van der Waals surface area contributed by atoms with Crippen LogP contribution >= 0.6 is 22.9 Å². The van der Waals surface area contributed by atoms with E-state index < -0.39 is 0 Å². The molecule has 0 N–H and O–H groups in total. The Kier molecular flexibility index (Phi) is 4.40. The van der Waals surface area contributed by atoms with Crippen molar-refractivity contribution in [2.24, 2.45) is 0 Å². The summed E-state index contributed by atoms with van der Waals surface area (Å²) in [5, 5.41) is 12.5. The Hall–Kier alpha value is -4.24. The Morgan fingerprint density at radius 3 is 2.34 bits per heavy atom. The molecule has 6 heteroatoms. The molecule has 35 heavy (non-hydrogen) atoms. The average molecular weight is 488 g/mol. The number of rotatable bonds is 2. The molecule has 0 radical (unpaired) electrons. The molecule has 0 spiro atoms. The fourth-order valence-corrected chi connectivity index (χ4v) is 5.76. The Morgan fingerprint density at radius 1 is 0.743 bits per heavy atom. The van der Waals surface area contributed by atoms with Gasteiger partial charge >= 0.3 is 0 Å². The molecule has 7 aromatic rings. The van der Waals surface area contributed by atoms with Gasteiger partial charge in [0.15, 0.2) is 5.15 Å². The standard InChI is InChI=1S/C29H14ClN3OS/c30-28-26(19-9-11-24-21(14-19)20-3-1-2-4-23(20)34-24)33-29-27(32-28)22-13-18(10-12-25(22)35-29)17-7-5-16(15-31)6-8-17/h1-14H. The number of nitrogens with zero attached hydrogens (tertiary/aromatic N) is 3. The van der Waals surface area contributed by atoms with Gasteiger partial charge in [-0.25, -0.2) is 9.97 Å². The molecule has 3 aromatic heterocycles. The first-order valence-corrected chi connectivity index (χ1v) is 12.2. The van der Waals surface area contributed by atoms with Gasteiger partial charge in [-0.15, -0.1) is 11.3 Å². The van der Waals surface area contributed by atoms with Gasteiger partial charge in [-0.05, 0) is 59.7 Å². The van der Waals surface area contributed by atoms with E-state index in [4.69, 9.17) is 31.2 Å². The number of hydrogen-bond acceptors (Lipinski definition) is 5. The van der Waals surface area contributed by atoms with Crippen LogP contribution in [0.1, 0.15) is 5.56 Å². The first kappa shape index (κ1) is 20.2. The summed E-state index contributed by atoms with van der Waals surface area (Å²) in [4.78, 5) is 10.6. The van der Waals surface area contributed by atoms with Crippen LogP contribution in [0, 0.1) is 11.3 Å². The van der Waals surface area contributed by atoms with E-state index in [2.05, 4.69) is 36.4 Å². The molecule has 0 aliphatic heterocycles. The first-order chi connectivity index (χ1) is 17.2. The highest BCUT2D eigenvalue weighted by molar-refractivity contribution is 7.25. The van der Waals surface area contributed by atoms with E-state index >= 15 is 0 Å². The number of benzene rings is 4. The summed E-state index contributed by atoms with van der Waals surface area (Å²) in [6.07, 6.45) is 0. The summed E-state index contributed by atoms with van der Waals surface area (Å²) in [5.41, 5.74) is 6.78. The molecule has 0 amide bonds. The molecule has 0 atom stereocenters. The second-order valence-corrected chi connectivity index (χ2v) is 9.72. The van der Waals surface area contributed by atoms with E-state index in [1.54, 1.807) is 11.3 Å². The number of thiophene rings is 1. The minimum absolute atomic E-state index is 0.369. The normalized spacial score (nSPS) is 11.5. The number of aromatic nitrogens is 2. The first-order valence-electron chi connectivity index (χ1n) is 11.0. The number of fused-ring (bicyclic) bond motifs is 6. The fraction of sp³-hybridized carbons (Fsp3) is 0. The van der Waals surface area contributed by atoms with Crippen molar-refractivity contribution >= 4 is 65.3 Å². The van der Waals surface area contributed by atoms with E-state index in [-0.39, 0.29) is 0 Å². The van der Waals surface area contributed by atoms with Crippen LogP contribution in [0.5, 0.6) is 0 Å². The number of hydrogen-bond donors (Lipinski definition) is 0. The van der Waals surface area contributed by atoms with Crippen molar-refractivity contribution in [2.45, 2.75) is 0 Å². The predicted octanol–water partition coefficient (Wildman–Crippen LogP) is 8.60. The lowest BCUT2D eigenvalue weighted by molar-refractivity contribution is 0.669. The SMILES string of the molecule is N#Cc1ccc(-c2ccc3sc4nc(-c5ccc6oc7ccccc7c6c5)c(Cl)nc4c3c2)cc1. The lowest BCUT2D eigenvalue weighted by Gasteiger charge is -2.04. The predicted molar refractivity (Wildman–Crippen MR) is 143 cm³/mol. The zero-order valence-corrected chi connectivity index (χ0v) is 19.7. The molecule has 0 aliphatic rings. The molecule has 0 saturated heterocycles. The second-order valence-electron chi connectivity index (χ2n) is 8.33. The number of para-hydroxylation sites is 1. The fourth-order valence-electron chi connectivity index (χ4n) is 4.53. The molecule has 0 bridgehead atoms. The van der Waals surface area contributed by atoms with Crippen molar-refractivity contribution in [2.75, 3.05) is 0 Å². The summed E-state index contributed by atoms with van der Waals surface area (Å²) in [6, 6.07) is 30.0. The van der Waals surface area contributed by atoms with Gasteiger partial charge in [0, 0.05) is 26.4 Å². The zero-order chi connectivity index (χ0) is 23.5. The van der Waals surface area contributed by atoms with Crippen LogP contribution in [0.4, 0.5) is 0 Å². The summed E-state index contributed by atoms with van der Waals surface area (Å²) < 4.78 is 7.06. The van der Waals surface area contributed by atoms with Crippen LogP contribution in [0.2, 0.25) is 5.15 Å². The largest absolute Gasteiger partial charge is 0.456 e. The minimum atomic E-state index is 0.369. The van der Waals surface area contributed by atoms with Gasteiger partial charge in [0.1, 0.15) is 27.2 Å². The highest BCUT2D eigenvalue weighted by Gasteiger charge is 2.16. The third-order valence-corrected chi connectivity index (χ3v) is 7.58. The van der Waals surface area contributed by atoms with Gasteiger partial charge in [0.2, 0.25) is 0 Å². The Morgan fingerprint density at radius 2 is 1.49 bits per heavy atom. The molecular weight excluding hydrogens is 474 g/mol. The monoisotopic (exact) mass is 487 g/mol. The molecule has 0 aliphatic carbocycles. The van der Waals surface area contributed by atoms with Gasteiger partial charge in [0.25, 0.3) is 0 Å². The Balaban J connectivity index is 1.38. The Labute approximate surface area is 208 Å². The van der Waals surface area contributed by atoms with Crippen molar-refractivity contribution in [3.8, 4) is 28.5 Å². The van der Waals surface area contributed by atoms with E-state index in [1.165, 1.54) is 0 Å². The van der Waals surface area contributed by atoms with Gasteiger partial charge < -0.3 is 4.42 Å². The third-order valence-electron chi connectivity index (χ3n) is 6.26. The van der Waals surface area contributed by atoms with E-state index in [1.807, 2.05) is 54.6 Å². The second kappa shape index (κ2) is 7.64. The van der Waals surface area contributed by atoms with Crippen LogP contribution in [-0.2, 0) is 0 Å². The molecule has 0 unspecified atom stereocenters. The summed E-state index contributed by atoms with van der Waals surface area (Å²) in [6.45, 7) is 0. The van der Waals surface area contributed by atoms with Crippen LogP contribution in [0.25, 0.3) is 64.8 Å². The number of halogens is 1. The topological polar surface area (TPSA) is 62.7 Å². The lowest BCUT2D eigenvalue weighted by atomic mass is 10.0. The molecule has 0 fully saturated rings. The summed E-state index contributed by atoms with van der Waals surface area (Å²) in [5.74, 6) is 0. The van der Waals surface area contributed by atoms with Crippen molar-refractivity contribution in [1.29, 1.82) is 5.26 Å². The quantitative estimate of drug-likeness (QED) is 0.245. The summed E-state index contributed by atoms with van der Waals surface area (Å²) >= 11 is 8.31. The maximum absolute atomic E-state index is 9.07. The maximum Gasteiger partial charge on any atom is 0.156 e. The van der Waals surface area contributed by atoms with E-state index in [0.717, 1.165) is 59.1 Å². The average Bonchev–Trinajstić information content (AvgIpc) is 3.45. The maximum atomic E-state index is 9.07. The molecule has 164 valence electrons. The van der Waals surface area contributed by atoms with Gasteiger partial charge in [-0.1, -0.05) is 48.0 Å². The molecule has 4 aromatic carbocycles. The van der Waals surface area contributed by atoms with Crippen LogP contribution in [-0.4, -0.2) is 9.97 Å². The van der Waals surface area contributed by atoms with Crippen molar-refractivity contribution in [1.82, 2.24) is 9.97 Å². The van der Waals surface area contributed by atoms with Gasteiger partial charge in [0.05, 0.1) is 11.6 Å². The Bertz CT molecular complexity index is 1980. The number of nitriles is 1. The molecule has 0 saturated carbocycles. The van der Waals surface area contributed by atoms with Gasteiger partial charge in [-0.2, -0.15) is 5.26 Å². The highest BCUT2D eigenvalue weighted by Crippen LogP contribution is 2.39. The van der Waals surface area contributed by atoms with Crippen molar-refractivity contribution < 1.29 is 4.42 Å². The van der Waals surface area contributed by atoms with E-state index in [9.17, 15) is 0 Å². The molecular formula is C29H14ClN3OS. The molecule has 4 nitrogen and oxygen atoms in total. The molecule has 3 heterocycles. The highest BCUT2D eigenvalue weighted by atomic mass is 35.5. The van der Waals surface area contributed by atoms with Crippen molar-refractivity contribution in [3.05, 3.63) is 95.6 Å². The van der Waals surface area contributed by atoms with E-state index in [0.29, 0.717) is 16.4 Å². The zero-order valence-electron chi connectivity index (χ0n) is 18.1. The molecule has 7 rings (SSSR count). The smallest absolute Gasteiger partial charge is 0.156 e. The summed E-state index contributed by atoms with van der Waals surface area (Å²) in [7, 11) is 0. The van der Waals surface area contributed by atoms with Crippen LogP contribution < -0.4 is 0 Å². The van der Waals surface area contributed by atoms with Crippen LogP contribution in [0.3, 0.4) is 0 Å². The van der Waals surface area contributed by atoms with Gasteiger partial charge in [-0.3, -0.25) is 0 Å².